The minimum absolute atomic E-state index is 0.111. The largest absolute Gasteiger partial charge is 0.395 e. The Hall–Kier alpha value is -0.610. The van der Waals surface area contributed by atoms with E-state index in [2.05, 4.69) is 0 Å². The summed E-state index contributed by atoms with van der Waals surface area (Å²) in [7, 11) is 1.67. The SMILES string of the molecule is COCCCCC(CO)(CO)c1ccccc1Cl. The van der Waals surface area contributed by atoms with Gasteiger partial charge in [0, 0.05) is 24.2 Å². The first-order valence-electron chi connectivity index (χ1n) is 6.16. The number of methoxy groups -OCH3 is 1. The number of benzene rings is 1. The highest BCUT2D eigenvalue weighted by molar-refractivity contribution is 6.31. The first-order chi connectivity index (χ1) is 8.70. The third-order valence-corrected chi connectivity index (χ3v) is 3.63. The molecule has 0 aliphatic heterocycles. The van der Waals surface area contributed by atoms with E-state index in [1.165, 1.54) is 0 Å². The summed E-state index contributed by atoms with van der Waals surface area (Å²) in [6, 6.07) is 7.36. The maximum atomic E-state index is 9.66. The van der Waals surface area contributed by atoms with Gasteiger partial charge in [-0.25, -0.2) is 0 Å². The number of hydrogen-bond acceptors (Lipinski definition) is 3. The molecule has 0 aromatic heterocycles. The first-order valence-corrected chi connectivity index (χ1v) is 6.53. The molecule has 3 nitrogen and oxygen atoms in total. The van der Waals surface area contributed by atoms with E-state index >= 15 is 0 Å². The van der Waals surface area contributed by atoms with Crippen LogP contribution in [-0.2, 0) is 10.2 Å². The molecule has 0 heterocycles. The molecule has 0 aliphatic carbocycles. The van der Waals surface area contributed by atoms with Gasteiger partial charge < -0.3 is 14.9 Å². The van der Waals surface area contributed by atoms with Gasteiger partial charge >= 0.3 is 0 Å². The summed E-state index contributed by atoms with van der Waals surface area (Å²) >= 11 is 6.16. The summed E-state index contributed by atoms with van der Waals surface area (Å²) in [6.07, 6.45) is 2.47. The van der Waals surface area contributed by atoms with E-state index in [9.17, 15) is 10.2 Å². The van der Waals surface area contributed by atoms with Crippen molar-refractivity contribution in [3.05, 3.63) is 34.9 Å². The summed E-state index contributed by atoms with van der Waals surface area (Å²) in [5.41, 5.74) is 0.153. The number of aliphatic hydroxyl groups excluding tert-OH is 2. The lowest BCUT2D eigenvalue weighted by Gasteiger charge is -2.31. The third-order valence-electron chi connectivity index (χ3n) is 3.30. The lowest BCUT2D eigenvalue weighted by molar-refractivity contribution is 0.104. The topological polar surface area (TPSA) is 49.7 Å². The van der Waals surface area contributed by atoms with Gasteiger partial charge in [-0.15, -0.1) is 0 Å². The lowest BCUT2D eigenvalue weighted by atomic mass is 9.77. The zero-order valence-electron chi connectivity index (χ0n) is 10.7. The predicted molar refractivity (Wildman–Crippen MR) is 73.0 cm³/mol. The van der Waals surface area contributed by atoms with E-state index in [4.69, 9.17) is 16.3 Å². The van der Waals surface area contributed by atoms with Crippen LogP contribution in [0.1, 0.15) is 24.8 Å². The average molecular weight is 273 g/mol. The average Bonchev–Trinajstić information content (AvgIpc) is 2.41. The Bertz CT molecular complexity index is 351. The minimum atomic E-state index is -0.661. The molecule has 4 heteroatoms. The van der Waals surface area contributed by atoms with E-state index in [0.717, 1.165) is 18.4 Å². The maximum Gasteiger partial charge on any atom is 0.0550 e. The fourth-order valence-corrected chi connectivity index (χ4v) is 2.45. The van der Waals surface area contributed by atoms with Crippen LogP contribution in [0.4, 0.5) is 0 Å². The van der Waals surface area contributed by atoms with Crippen LogP contribution in [0.25, 0.3) is 0 Å². The summed E-state index contributed by atoms with van der Waals surface area (Å²) in [5.74, 6) is 0. The molecule has 18 heavy (non-hydrogen) atoms. The van der Waals surface area contributed by atoms with Crippen molar-refractivity contribution >= 4 is 11.6 Å². The second-order valence-electron chi connectivity index (χ2n) is 4.53. The van der Waals surface area contributed by atoms with Gasteiger partial charge in [0.1, 0.15) is 0 Å². The van der Waals surface area contributed by atoms with Crippen LogP contribution in [0, 0.1) is 0 Å². The molecule has 0 spiro atoms. The van der Waals surface area contributed by atoms with E-state index < -0.39 is 5.41 Å². The van der Waals surface area contributed by atoms with Crippen LogP contribution in [0.15, 0.2) is 24.3 Å². The van der Waals surface area contributed by atoms with Crippen molar-refractivity contribution < 1.29 is 14.9 Å². The first kappa shape index (κ1) is 15.4. The van der Waals surface area contributed by atoms with Crippen molar-refractivity contribution in [2.75, 3.05) is 26.9 Å². The second-order valence-corrected chi connectivity index (χ2v) is 4.93. The molecule has 0 atom stereocenters. The van der Waals surface area contributed by atoms with Gasteiger partial charge in [-0.05, 0) is 24.5 Å². The lowest BCUT2D eigenvalue weighted by Crippen LogP contribution is -2.35. The number of ether oxygens (including phenoxy) is 1. The molecule has 0 unspecified atom stereocenters. The Labute approximate surface area is 113 Å². The normalized spacial score (nSPS) is 11.8. The molecule has 1 aromatic carbocycles. The third kappa shape index (κ3) is 3.69. The van der Waals surface area contributed by atoms with Crippen molar-refractivity contribution in [2.45, 2.75) is 24.7 Å². The summed E-state index contributed by atoms with van der Waals surface area (Å²) in [6.45, 7) is 0.468. The van der Waals surface area contributed by atoms with Crippen LogP contribution in [0.5, 0.6) is 0 Å². The molecular weight excluding hydrogens is 252 g/mol. The fourth-order valence-electron chi connectivity index (χ4n) is 2.11. The Balaban J connectivity index is 2.83. The zero-order chi connectivity index (χ0) is 13.4. The van der Waals surface area contributed by atoms with Gasteiger partial charge in [0.05, 0.1) is 13.2 Å². The number of hydrogen-bond donors (Lipinski definition) is 2. The molecule has 0 aliphatic rings. The molecular formula is C14H21ClO3. The van der Waals surface area contributed by atoms with Crippen molar-refractivity contribution in [3.8, 4) is 0 Å². The summed E-state index contributed by atoms with van der Waals surface area (Å²) < 4.78 is 5.00. The molecule has 0 saturated heterocycles. The molecule has 102 valence electrons. The van der Waals surface area contributed by atoms with Gasteiger partial charge in [0.15, 0.2) is 0 Å². The van der Waals surface area contributed by atoms with Crippen LogP contribution < -0.4 is 0 Å². The molecule has 0 radical (unpaired) electrons. The highest BCUT2D eigenvalue weighted by Gasteiger charge is 2.32. The van der Waals surface area contributed by atoms with Crippen molar-refractivity contribution in [3.63, 3.8) is 0 Å². The van der Waals surface area contributed by atoms with Crippen LogP contribution >= 0.6 is 11.6 Å². The quantitative estimate of drug-likeness (QED) is 0.715. The minimum Gasteiger partial charge on any atom is -0.395 e. The van der Waals surface area contributed by atoms with Crippen molar-refractivity contribution in [2.24, 2.45) is 0 Å². The van der Waals surface area contributed by atoms with Gasteiger partial charge in [-0.1, -0.05) is 36.2 Å². The van der Waals surface area contributed by atoms with Crippen molar-refractivity contribution in [1.29, 1.82) is 0 Å². The highest BCUT2D eigenvalue weighted by Crippen LogP contribution is 2.34. The summed E-state index contributed by atoms with van der Waals surface area (Å²) in [4.78, 5) is 0. The van der Waals surface area contributed by atoms with Gasteiger partial charge in [0.2, 0.25) is 0 Å². The van der Waals surface area contributed by atoms with Gasteiger partial charge in [-0.2, -0.15) is 0 Å². The van der Waals surface area contributed by atoms with E-state index in [0.29, 0.717) is 18.1 Å². The molecule has 2 N–H and O–H groups in total. The fraction of sp³-hybridized carbons (Fsp3) is 0.571. The molecule has 0 amide bonds. The molecule has 0 bridgehead atoms. The standard InChI is InChI=1S/C14H21ClO3/c1-18-9-5-4-8-14(10-16,11-17)12-6-2-3-7-13(12)15/h2-3,6-7,16-17H,4-5,8-11H2,1H3. The molecule has 0 saturated carbocycles. The molecule has 1 aromatic rings. The Morgan fingerprint density at radius 2 is 1.83 bits per heavy atom. The molecule has 1 rings (SSSR count). The monoisotopic (exact) mass is 272 g/mol. The van der Waals surface area contributed by atoms with Gasteiger partial charge in [-0.3, -0.25) is 0 Å². The smallest absolute Gasteiger partial charge is 0.0550 e. The zero-order valence-corrected chi connectivity index (χ0v) is 11.5. The van der Waals surface area contributed by atoms with E-state index in [1.54, 1.807) is 13.2 Å². The van der Waals surface area contributed by atoms with Crippen LogP contribution in [-0.4, -0.2) is 37.1 Å². The van der Waals surface area contributed by atoms with E-state index in [-0.39, 0.29) is 13.2 Å². The van der Waals surface area contributed by atoms with Crippen molar-refractivity contribution in [1.82, 2.24) is 0 Å². The second kappa shape index (κ2) is 7.74. The Morgan fingerprint density at radius 3 is 2.39 bits per heavy atom. The summed E-state index contributed by atoms with van der Waals surface area (Å²) in [5, 5.41) is 19.9. The Morgan fingerprint density at radius 1 is 1.17 bits per heavy atom. The number of aliphatic hydroxyl groups is 2. The maximum absolute atomic E-state index is 9.66. The number of halogens is 1. The predicted octanol–water partition coefficient (Wildman–Crippen LogP) is 2.38. The van der Waals surface area contributed by atoms with Gasteiger partial charge in [0.25, 0.3) is 0 Å². The van der Waals surface area contributed by atoms with E-state index in [1.807, 2.05) is 18.2 Å². The van der Waals surface area contributed by atoms with Crippen LogP contribution in [0.3, 0.4) is 0 Å². The van der Waals surface area contributed by atoms with Crippen LogP contribution in [0.2, 0.25) is 5.02 Å². The Kier molecular flexibility index (Phi) is 6.65. The molecule has 0 fully saturated rings. The highest BCUT2D eigenvalue weighted by atomic mass is 35.5. The number of unbranched alkanes of at least 4 members (excludes halogenated alkanes) is 1. The number of rotatable bonds is 8.